The summed E-state index contributed by atoms with van der Waals surface area (Å²) in [7, 11) is 0. The maximum Gasteiger partial charge on any atom is 0.306 e. The van der Waals surface area contributed by atoms with Gasteiger partial charge in [0.25, 0.3) is 0 Å². The standard InChI is InChI=1S/C75H124O6/c1-4-7-10-13-16-19-22-25-27-29-31-32-33-34-35-36-37-38-39-40-41-42-43-44-45-47-48-50-53-56-59-62-65-68-74(77)80-71-72(70-79-73(76)67-64-61-58-55-52-24-21-18-15-12-9-6-3)81-75(78)69-66-63-60-57-54-51-49-46-30-28-26-23-20-17-14-11-8-5-2/h7,10,16,19,25,27-28,30-32,34-35,37-38,40-41,43-44,47-48,53,56,72H,4-6,8-9,11-15,17-18,20-24,26,29,33,36,39,42,45-46,49-52,54-55,57-71H2,1-3H3/b10-7-,19-16-,27-25-,30-28-,32-31-,35-34-,38-37-,41-40-,44-43-,48-47-,56-53-. The number of carbonyl (C=O) groups excluding carboxylic acids is 3. The molecule has 0 aromatic rings. The number of hydrogen-bond donors (Lipinski definition) is 0. The van der Waals surface area contributed by atoms with Crippen molar-refractivity contribution in [2.45, 2.75) is 309 Å². The predicted molar refractivity (Wildman–Crippen MR) is 353 cm³/mol. The summed E-state index contributed by atoms with van der Waals surface area (Å²) in [4.78, 5) is 38.3. The van der Waals surface area contributed by atoms with Gasteiger partial charge < -0.3 is 14.2 Å². The van der Waals surface area contributed by atoms with E-state index >= 15 is 0 Å². The highest BCUT2D eigenvalue weighted by Crippen LogP contribution is 2.16. The van der Waals surface area contributed by atoms with Crippen LogP contribution in [0.15, 0.2) is 134 Å². The number of carbonyl (C=O) groups is 3. The summed E-state index contributed by atoms with van der Waals surface area (Å²) in [6.07, 6.45) is 96.1. The first-order chi connectivity index (χ1) is 40.0. The van der Waals surface area contributed by atoms with Gasteiger partial charge in [-0.05, 0) is 122 Å². The fourth-order valence-electron chi connectivity index (χ4n) is 9.11. The molecule has 1 atom stereocenters. The van der Waals surface area contributed by atoms with Crippen LogP contribution in [0.25, 0.3) is 0 Å². The number of allylic oxidation sites excluding steroid dienone is 22. The first kappa shape index (κ1) is 76.5. The molecular weight excluding hydrogens is 997 g/mol. The van der Waals surface area contributed by atoms with Crippen molar-refractivity contribution >= 4 is 17.9 Å². The van der Waals surface area contributed by atoms with Crippen LogP contribution in [0.4, 0.5) is 0 Å². The Morgan fingerprint density at radius 3 is 0.790 bits per heavy atom. The molecule has 6 nitrogen and oxygen atoms in total. The lowest BCUT2D eigenvalue weighted by molar-refractivity contribution is -0.167. The number of esters is 3. The molecule has 0 heterocycles. The minimum absolute atomic E-state index is 0.0936. The molecule has 0 aromatic heterocycles. The van der Waals surface area contributed by atoms with E-state index < -0.39 is 6.10 Å². The van der Waals surface area contributed by atoms with Crippen LogP contribution < -0.4 is 0 Å². The second kappa shape index (κ2) is 68.1. The van der Waals surface area contributed by atoms with Crippen molar-refractivity contribution < 1.29 is 28.6 Å². The average Bonchev–Trinajstić information content (AvgIpc) is 3.47. The molecule has 81 heavy (non-hydrogen) atoms. The van der Waals surface area contributed by atoms with Gasteiger partial charge in [0.1, 0.15) is 13.2 Å². The van der Waals surface area contributed by atoms with Crippen molar-refractivity contribution in [3.8, 4) is 0 Å². The van der Waals surface area contributed by atoms with Crippen LogP contribution in [-0.4, -0.2) is 37.2 Å². The fraction of sp³-hybridized carbons (Fsp3) is 0.667. The Balaban J connectivity index is 4.37. The summed E-state index contributed by atoms with van der Waals surface area (Å²) < 4.78 is 16.9. The van der Waals surface area contributed by atoms with Crippen LogP contribution in [0.3, 0.4) is 0 Å². The van der Waals surface area contributed by atoms with Gasteiger partial charge in [-0.3, -0.25) is 14.4 Å². The van der Waals surface area contributed by atoms with Gasteiger partial charge in [0, 0.05) is 19.3 Å². The van der Waals surface area contributed by atoms with Crippen molar-refractivity contribution in [1.82, 2.24) is 0 Å². The molecule has 0 radical (unpaired) electrons. The quantitative estimate of drug-likeness (QED) is 0.0261. The van der Waals surface area contributed by atoms with Crippen molar-refractivity contribution in [1.29, 1.82) is 0 Å². The van der Waals surface area contributed by atoms with Crippen LogP contribution >= 0.6 is 0 Å². The van der Waals surface area contributed by atoms with Crippen LogP contribution in [-0.2, 0) is 28.6 Å². The SMILES string of the molecule is CC/C=C\C/C=C\C/C=C\C/C=C\C/C=C\C/C=C\C/C=C\C/C=C\C/C=C\C/C=C\CCCCC(=O)OCC(COC(=O)CCCCCCCCCCCCCC)OC(=O)CCCCCCCCC/C=C\CCCCCCCCC. The normalized spacial score (nSPS) is 13.0. The van der Waals surface area contributed by atoms with Gasteiger partial charge in [-0.25, -0.2) is 0 Å². The van der Waals surface area contributed by atoms with Gasteiger partial charge in [-0.15, -0.1) is 0 Å². The molecule has 0 spiro atoms. The molecule has 0 saturated carbocycles. The Labute approximate surface area is 500 Å². The van der Waals surface area contributed by atoms with E-state index in [0.29, 0.717) is 25.7 Å². The lowest BCUT2D eigenvalue weighted by Gasteiger charge is -2.18. The first-order valence-electron chi connectivity index (χ1n) is 33.7. The van der Waals surface area contributed by atoms with E-state index in [1.807, 2.05) is 0 Å². The maximum atomic E-state index is 12.9. The molecule has 460 valence electrons. The van der Waals surface area contributed by atoms with Crippen molar-refractivity contribution in [3.63, 3.8) is 0 Å². The number of unbranched alkanes of at least 4 members (excludes halogenated alkanes) is 27. The molecule has 0 saturated heterocycles. The Hall–Kier alpha value is -4.45. The lowest BCUT2D eigenvalue weighted by Crippen LogP contribution is -2.30. The highest BCUT2D eigenvalue weighted by atomic mass is 16.6. The summed E-state index contributed by atoms with van der Waals surface area (Å²) in [6.45, 7) is 6.50. The topological polar surface area (TPSA) is 78.9 Å². The zero-order chi connectivity index (χ0) is 58.5. The second-order valence-electron chi connectivity index (χ2n) is 22.0. The van der Waals surface area contributed by atoms with Crippen LogP contribution in [0.2, 0.25) is 0 Å². The van der Waals surface area contributed by atoms with Gasteiger partial charge >= 0.3 is 17.9 Å². The maximum absolute atomic E-state index is 12.9. The minimum atomic E-state index is -0.801. The van der Waals surface area contributed by atoms with E-state index in [-0.39, 0.29) is 31.1 Å². The molecule has 0 aliphatic carbocycles. The van der Waals surface area contributed by atoms with E-state index in [9.17, 15) is 14.4 Å². The molecule has 0 rings (SSSR count). The van der Waals surface area contributed by atoms with E-state index in [1.54, 1.807) is 0 Å². The number of hydrogen-bond acceptors (Lipinski definition) is 6. The molecule has 6 heteroatoms. The Kier molecular flexibility index (Phi) is 64.3. The fourth-order valence-corrected chi connectivity index (χ4v) is 9.11. The van der Waals surface area contributed by atoms with E-state index in [2.05, 4.69) is 154 Å². The summed E-state index contributed by atoms with van der Waals surface area (Å²) in [6, 6.07) is 0. The molecule has 0 fully saturated rings. The van der Waals surface area contributed by atoms with Gasteiger partial charge in [0.05, 0.1) is 0 Å². The van der Waals surface area contributed by atoms with Crippen molar-refractivity contribution in [2.24, 2.45) is 0 Å². The molecular formula is C75H124O6. The second-order valence-corrected chi connectivity index (χ2v) is 22.0. The van der Waals surface area contributed by atoms with Crippen molar-refractivity contribution in [2.75, 3.05) is 13.2 Å². The third kappa shape index (κ3) is 66.2. The minimum Gasteiger partial charge on any atom is -0.462 e. The summed E-state index contributed by atoms with van der Waals surface area (Å²) in [5, 5.41) is 0. The highest BCUT2D eigenvalue weighted by Gasteiger charge is 2.19. The zero-order valence-corrected chi connectivity index (χ0v) is 52.8. The van der Waals surface area contributed by atoms with E-state index in [4.69, 9.17) is 14.2 Å². The molecule has 0 bridgehead atoms. The Morgan fingerprint density at radius 1 is 0.259 bits per heavy atom. The van der Waals surface area contributed by atoms with E-state index in [1.165, 1.54) is 141 Å². The van der Waals surface area contributed by atoms with Crippen LogP contribution in [0.5, 0.6) is 0 Å². The predicted octanol–water partition coefficient (Wildman–Crippen LogP) is 23.3. The first-order valence-corrected chi connectivity index (χ1v) is 33.7. The molecule has 0 aliphatic rings. The summed E-state index contributed by atoms with van der Waals surface area (Å²) >= 11 is 0. The smallest absolute Gasteiger partial charge is 0.306 e. The molecule has 0 aliphatic heterocycles. The van der Waals surface area contributed by atoms with E-state index in [0.717, 1.165) is 116 Å². The van der Waals surface area contributed by atoms with Crippen LogP contribution in [0, 0.1) is 0 Å². The zero-order valence-electron chi connectivity index (χ0n) is 52.8. The van der Waals surface area contributed by atoms with Crippen LogP contribution in [0.1, 0.15) is 303 Å². The number of ether oxygens (including phenoxy) is 3. The molecule has 0 N–H and O–H groups in total. The molecule has 0 amide bonds. The van der Waals surface area contributed by atoms with Gasteiger partial charge in [-0.2, -0.15) is 0 Å². The van der Waals surface area contributed by atoms with Gasteiger partial charge in [0.2, 0.25) is 0 Å². The molecule has 0 aromatic carbocycles. The Bertz CT molecular complexity index is 1720. The Morgan fingerprint density at radius 2 is 0.481 bits per heavy atom. The van der Waals surface area contributed by atoms with Crippen molar-refractivity contribution in [3.05, 3.63) is 134 Å². The summed E-state index contributed by atoms with van der Waals surface area (Å²) in [5.41, 5.74) is 0. The van der Waals surface area contributed by atoms with Gasteiger partial charge in [-0.1, -0.05) is 296 Å². The highest BCUT2D eigenvalue weighted by molar-refractivity contribution is 5.71. The average molecular weight is 1120 g/mol. The molecule has 1 unspecified atom stereocenters. The third-order valence-corrected chi connectivity index (χ3v) is 14.1. The number of rotatable bonds is 60. The van der Waals surface area contributed by atoms with Gasteiger partial charge in [0.15, 0.2) is 6.10 Å². The lowest BCUT2D eigenvalue weighted by atomic mass is 10.0. The largest absolute Gasteiger partial charge is 0.462 e. The monoisotopic (exact) mass is 1120 g/mol. The third-order valence-electron chi connectivity index (χ3n) is 14.1. The summed E-state index contributed by atoms with van der Waals surface area (Å²) in [5.74, 6) is -0.939.